The van der Waals surface area contributed by atoms with Crippen LogP contribution in [0.3, 0.4) is 0 Å². The van der Waals surface area contributed by atoms with E-state index in [0.717, 1.165) is 12.5 Å². The van der Waals surface area contributed by atoms with Crippen LogP contribution in [0, 0.1) is 11.3 Å². The van der Waals surface area contributed by atoms with Crippen LogP contribution in [0.2, 0.25) is 0 Å². The van der Waals surface area contributed by atoms with E-state index >= 15 is 0 Å². The molecule has 1 saturated heterocycles. The molecule has 1 saturated carbocycles. The van der Waals surface area contributed by atoms with Gasteiger partial charge in [0.1, 0.15) is 0 Å². The SMILES string of the molecule is CC1CNC(C)(C2CC2)CN1C(C)(C)CC(C)(C)C. The summed E-state index contributed by atoms with van der Waals surface area (Å²) in [5, 5.41) is 3.83. The van der Waals surface area contributed by atoms with Crippen molar-refractivity contribution in [2.75, 3.05) is 13.1 Å². The van der Waals surface area contributed by atoms with Gasteiger partial charge in [-0.1, -0.05) is 20.8 Å². The molecule has 2 unspecified atom stereocenters. The maximum Gasteiger partial charge on any atom is 0.0309 e. The number of rotatable bonds is 3. The first-order valence-electron chi connectivity index (χ1n) is 8.05. The van der Waals surface area contributed by atoms with Crippen LogP contribution in [0.15, 0.2) is 0 Å². The Bertz CT molecular complexity index is 325. The molecule has 19 heavy (non-hydrogen) atoms. The fourth-order valence-electron chi connectivity index (χ4n) is 4.26. The quantitative estimate of drug-likeness (QED) is 0.838. The number of piperazine rings is 1. The highest BCUT2D eigenvalue weighted by atomic mass is 15.3. The Labute approximate surface area is 120 Å². The molecule has 112 valence electrons. The van der Waals surface area contributed by atoms with E-state index in [-0.39, 0.29) is 5.54 Å². The van der Waals surface area contributed by atoms with Gasteiger partial charge >= 0.3 is 0 Å². The molecule has 0 amide bonds. The highest BCUT2D eigenvalue weighted by Crippen LogP contribution is 2.43. The van der Waals surface area contributed by atoms with Crippen molar-refractivity contribution in [3.63, 3.8) is 0 Å². The maximum atomic E-state index is 3.83. The molecule has 1 aliphatic carbocycles. The molecule has 2 nitrogen and oxygen atoms in total. The Morgan fingerprint density at radius 1 is 1.16 bits per heavy atom. The molecule has 0 bridgehead atoms. The Balaban J connectivity index is 2.11. The molecule has 0 aromatic rings. The first kappa shape index (κ1) is 15.3. The minimum absolute atomic E-state index is 0.288. The third kappa shape index (κ3) is 3.52. The van der Waals surface area contributed by atoms with Crippen molar-refractivity contribution >= 4 is 0 Å². The molecule has 1 heterocycles. The van der Waals surface area contributed by atoms with Gasteiger partial charge in [-0.15, -0.1) is 0 Å². The van der Waals surface area contributed by atoms with Crippen molar-refractivity contribution in [3.05, 3.63) is 0 Å². The molecule has 1 aliphatic heterocycles. The predicted molar refractivity (Wildman–Crippen MR) is 83.5 cm³/mol. The van der Waals surface area contributed by atoms with Gasteiger partial charge in [-0.05, 0) is 58.3 Å². The van der Waals surface area contributed by atoms with Gasteiger partial charge in [-0.2, -0.15) is 0 Å². The summed E-state index contributed by atoms with van der Waals surface area (Å²) in [6.45, 7) is 19.1. The fourth-order valence-corrected chi connectivity index (χ4v) is 4.26. The summed E-state index contributed by atoms with van der Waals surface area (Å²) >= 11 is 0. The van der Waals surface area contributed by atoms with Gasteiger partial charge in [-0.25, -0.2) is 0 Å². The standard InChI is InChI=1S/C17H34N2/c1-13-10-18-17(7,14-8-9-14)12-19(13)16(5,6)11-15(2,3)4/h13-14,18H,8-12H2,1-7H3. The summed E-state index contributed by atoms with van der Waals surface area (Å²) in [6, 6.07) is 0.643. The molecule has 2 aliphatic rings. The van der Waals surface area contributed by atoms with E-state index in [1.54, 1.807) is 0 Å². The Hall–Kier alpha value is -0.0800. The smallest absolute Gasteiger partial charge is 0.0309 e. The Morgan fingerprint density at radius 2 is 1.74 bits per heavy atom. The van der Waals surface area contributed by atoms with Gasteiger partial charge in [0.15, 0.2) is 0 Å². The van der Waals surface area contributed by atoms with Crippen molar-refractivity contribution in [3.8, 4) is 0 Å². The van der Waals surface area contributed by atoms with Crippen molar-refractivity contribution < 1.29 is 0 Å². The average Bonchev–Trinajstić information content (AvgIpc) is 3.01. The van der Waals surface area contributed by atoms with Crippen LogP contribution in [-0.2, 0) is 0 Å². The van der Waals surface area contributed by atoms with Crippen LogP contribution in [0.1, 0.15) is 67.7 Å². The van der Waals surface area contributed by atoms with Gasteiger partial charge in [0.25, 0.3) is 0 Å². The van der Waals surface area contributed by atoms with E-state index in [2.05, 4.69) is 58.7 Å². The highest BCUT2D eigenvalue weighted by molar-refractivity contribution is 5.06. The Kier molecular flexibility index (Phi) is 3.81. The minimum Gasteiger partial charge on any atom is -0.308 e. The van der Waals surface area contributed by atoms with E-state index in [4.69, 9.17) is 0 Å². The van der Waals surface area contributed by atoms with Crippen LogP contribution < -0.4 is 5.32 Å². The molecular formula is C17H34N2. The molecule has 0 spiro atoms. The summed E-state index contributed by atoms with van der Waals surface area (Å²) in [6.07, 6.45) is 4.10. The normalized spacial score (nSPS) is 34.6. The van der Waals surface area contributed by atoms with Crippen molar-refractivity contribution in [2.24, 2.45) is 11.3 Å². The Morgan fingerprint density at radius 3 is 2.21 bits per heavy atom. The van der Waals surface area contributed by atoms with Gasteiger partial charge in [-0.3, -0.25) is 4.90 Å². The summed E-state index contributed by atoms with van der Waals surface area (Å²) in [7, 11) is 0. The van der Waals surface area contributed by atoms with Gasteiger partial charge < -0.3 is 5.32 Å². The number of nitrogens with one attached hydrogen (secondary N) is 1. The zero-order chi connectivity index (χ0) is 14.5. The highest BCUT2D eigenvalue weighted by Gasteiger charge is 2.48. The molecule has 2 heteroatoms. The van der Waals surface area contributed by atoms with Crippen LogP contribution in [0.4, 0.5) is 0 Å². The monoisotopic (exact) mass is 266 g/mol. The summed E-state index contributed by atoms with van der Waals surface area (Å²) < 4.78 is 0. The fraction of sp³-hybridized carbons (Fsp3) is 1.00. The minimum atomic E-state index is 0.288. The summed E-state index contributed by atoms with van der Waals surface area (Å²) in [4.78, 5) is 2.77. The second-order valence-electron chi connectivity index (χ2n) is 9.10. The summed E-state index contributed by atoms with van der Waals surface area (Å²) in [5.74, 6) is 0.910. The first-order valence-corrected chi connectivity index (χ1v) is 8.05. The van der Waals surface area contributed by atoms with Crippen molar-refractivity contribution in [2.45, 2.75) is 84.8 Å². The summed E-state index contributed by atoms with van der Waals surface area (Å²) in [5.41, 5.74) is 1.03. The third-order valence-corrected chi connectivity index (χ3v) is 5.05. The molecule has 2 atom stereocenters. The lowest BCUT2D eigenvalue weighted by Crippen LogP contribution is -2.67. The van der Waals surface area contributed by atoms with E-state index in [1.165, 1.54) is 25.8 Å². The van der Waals surface area contributed by atoms with Crippen molar-refractivity contribution in [1.29, 1.82) is 0 Å². The molecule has 2 rings (SSSR count). The maximum absolute atomic E-state index is 3.83. The predicted octanol–water partition coefficient (Wildman–Crippen LogP) is 3.66. The lowest BCUT2D eigenvalue weighted by Gasteiger charge is -2.53. The lowest BCUT2D eigenvalue weighted by atomic mass is 9.78. The first-order chi connectivity index (χ1) is 8.54. The lowest BCUT2D eigenvalue weighted by molar-refractivity contribution is -0.0139. The van der Waals surface area contributed by atoms with E-state index < -0.39 is 0 Å². The van der Waals surface area contributed by atoms with Crippen LogP contribution >= 0.6 is 0 Å². The van der Waals surface area contributed by atoms with Gasteiger partial charge in [0, 0.05) is 30.2 Å². The van der Waals surface area contributed by atoms with Crippen LogP contribution in [-0.4, -0.2) is 35.1 Å². The number of hydrogen-bond donors (Lipinski definition) is 1. The second kappa shape index (κ2) is 4.73. The molecule has 2 fully saturated rings. The van der Waals surface area contributed by atoms with Crippen LogP contribution in [0.25, 0.3) is 0 Å². The van der Waals surface area contributed by atoms with E-state index in [0.29, 0.717) is 17.0 Å². The number of hydrogen-bond acceptors (Lipinski definition) is 2. The second-order valence-corrected chi connectivity index (χ2v) is 9.10. The zero-order valence-electron chi connectivity index (χ0n) is 14.1. The average molecular weight is 266 g/mol. The molecular weight excluding hydrogens is 232 g/mol. The molecule has 1 N–H and O–H groups in total. The number of nitrogens with zero attached hydrogens (tertiary/aromatic N) is 1. The topological polar surface area (TPSA) is 15.3 Å². The van der Waals surface area contributed by atoms with Crippen molar-refractivity contribution in [1.82, 2.24) is 10.2 Å². The largest absolute Gasteiger partial charge is 0.308 e. The third-order valence-electron chi connectivity index (χ3n) is 5.05. The van der Waals surface area contributed by atoms with Gasteiger partial charge in [0.2, 0.25) is 0 Å². The zero-order valence-corrected chi connectivity index (χ0v) is 14.1. The van der Waals surface area contributed by atoms with E-state index in [1.807, 2.05) is 0 Å². The molecule has 0 aromatic heterocycles. The molecule has 0 aromatic carbocycles. The van der Waals surface area contributed by atoms with E-state index in [9.17, 15) is 0 Å². The molecule has 0 radical (unpaired) electrons. The van der Waals surface area contributed by atoms with Gasteiger partial charge in [0.05, 0.1) is 0 Å². The van der Waals surface area contributed by atoms with Crippen LogP contribution in [0.5, 0.6) is 0 Å².